The zero-order chi connectivity index (χ0) is 10.1. The molecule has 0 aromatic rings. The van der Waals surface area contributed by atoms with Crippen LogP contribution in [0.2, 0.25) is 0 Å². The lowest BCUT2D eigenvalue weighted by molar-refractivity contribution is -0.144. The van der Waals surface area contributed by atoms with Crippen molar-refractivity contribution in [3.05, 3.63) is 0 Å². The fourth-order valence-corrected chi connectivity index (χ4v) is 4.13. The van der Waals surface area contributed by atoms with Crippen LogP contribution in [0, 0.1) is 17.8 Å². The number of alkyl halides is 1. The van der Waals surface area contributed by atoms with E-state index in [1.165, 1.54) is 19.3 Å². The van der Waals surface area contributed by atoms with Gasteiger partial charge in [-0.25, -0.2) is 0 Å². The topological polar surface area (TPSA) is 37.3 Å². The Kier molecular flexibility index (Phi) is 3.15. The lowest BCUT2D eigenvalue weighted by atomic mass is 9.67. The van der Waals surface area contributed by atoms with E-state index in [4.69, 9.17) is 5.11 Å². The highest BCUT2D eigenvalue weighted by atomic mass is 79.9. The van der Waals surface area contributed by atoms with Crippen molar-refractivity contribution in [1.29, 1.82) is 0 Å². The quantitative estimate of drug-likeness (QED) is 0.736. The molecule has 0 aromatic heterocycles. The zero-order valence-electron chi connectivity index (χ0n) is 8.29. The summed E-state index contributed by atoms with van der Waals surface area (Å²) in [6.45, 7) is 0. The molecule has 0 amide bonds. The molecule has 2 saturated carbocycles. The fraction of sp³-hybridized carbons (Fsp3) is 0.909. The number of hydrogen-bond donors (Lipinski definition) is 1. The number of hydrogen-bond acceptors (Lipinski definition) is 1. The molecule has 0 aromatic carbocycles. The van der Waals surface area contributed by atoms with Gasteiger partial charge in [0.1, 0.15) is 0 Å². The molecule has 4 unspecified atom stereocenters. The maximum atomic E-state index is 10.9. The third kappa shape index (κ3) is 1.97. The molecular formula is C11H17BrO2. The first kappa shape index (κ1) is 10.5. The van der Waals surface area contributed by atoms with Crippen LogP contribution in [-0.2, 0) is 4.79 Å². The standard InChI is InChI=1S/C11H17BrO2/c12-10-3-1-2-7-6-8(11(13)14)4-5-9(7)10/h7-10H,1-6H2,(H,13,14). The lowest BCUT2D eigenvalue weighted by Crippen LogP contribution is -2.36. The van der Waals surface area contributed by atoms with E-state index in [0.29, 0.717) is 10.7 Å². The van der Waals surface area contributed by atoms with Crippen LogP contribution in [0.25, 0.3) is 0 Å². The average Bonchev–Trinajstić information content (AvgIpc) is 2.17. The van der Waals surface area contributed by atoms with Crippen LogP contribution in [0.15, 0.2) is 0 Å². The Morgan fingerprint density at radius 3 is 2.71 bits per heavy atom. The molecular weight excluding hydrogens is 244 g/mol. The van der Waals surface area contributed by atoms with E-state index in [1.807, 2.05) is 0 Å². The van der Waals surface area contributed by atoms with Gasteiger partial charge in [-0.2, -0.15) is 0 Å². The van der Waals surface area contributed by atoms with Gasteiger partial charge in [0.2, 0.25) is 0 Å². The molecule has 2 nitrogen and oxygen atoms in total. The third-order valence-corrected chi connectivity index (χ3v) is 5.05. The Morgan fingerprint density at radius 1 is 1.21 bits per heavy atom. The predicted molar refractivity (Wildman–Crippen MR) is 58.5 cm³/mol. The second-order valence-electron chi connectivity index (χ2n) is 4.72. The summed E-state index contributed by atoms with van der Waals surface area (Å²) in [5.74, 6) is 0.775. The molecule has 4 atom stereocenters. The van der Waals surface area contributed by atoms with Crippen molar-refractivity contribution in [3.63, 3.8) is 0 Å². The van der Waals surface area contributed by atoms with Crippen LogP contribution in [0.3, 0.4) is 0 Å². The van der Waals surface area contributed by atoms with Gasteiger partial charge in [0.05, 0.1) is 5.92 Å². The predicted octanol–water partition coefficient (Wildman–Crippen LogP) is 3.05. The summed E-state index contributed by atoms with van der Waals surface area (Å²) in [5, 5.41) is 8.98. The first-order chi connectivity index (χ1) is 6.68. The summed E-state index contributed by atoms with van der Waals surface area (Å²) in [5.41, 5.74) is 0. The number of carboxylic acid groups (broad SMARTS) is 1. The average molecular weight is 261 g/mol. The van der Waals surface area contributed by atoms with E-state index in [1.54, 1.807) is 0 Å². The summed E-state index contributed by atoms with van der Waals surface area (Å²) < 4.78 is 0. The Morgan fingerprint density at radius 2 is 2.00 bits per heavy atom. The van der Waals surface area contributed by atoms with Crippen molar-refractivity contribution in [1.82, 2.24) is 0 Å². The Bertz CT molecular complexity index is 229. The second kappa shape index (κ2) is 4.21. The van der Waals surface area contributed by atoms with Gasteiger partial charge < -0.3 is 5.11 Å². The van der Waals surface area contributed by atoms with Gasteiger partial charge in [-0.3, -0.25) is 4.79 Å². The van der Waals surface area contributed by atoms with Crippen LogP contribution < -0.4 is 0 Å². The molecule has 2 aliphatic rings. The number of carboxylic acids is 1. The van der Waals surface area contributed by atoms with Gasteiger partial charge in [0.25, 0.3) is 0 Å². The van der Waals surface area contributed by atoms with Crippen molar-refractivity contribution in [2.24, 2.45) is 17.8 Å². The molecule has 0 radical (unpaired) electrons. The molecule has 2 fully saturated rings. The Hall–Kier alpha value is -0.0500. The molecule has 2 rings (SSSR count). The number of carbonyl (C=O) groups is 1. The van der Waals surface area contributed by atoms with Gasteiger partial charge in [-0.1, -0.05) is 28.8 Å². The summed E-state index contributed by atoms with van der Waals surface area (Å²) in [6, 6.07) is 0. The van der Waals surface area contributed by atoms with Crippen molar-refractivity contribution >= 4 is 21.9 Å². The largest absolute Gasteiger partial charge is 0.481 e. The van der Waals surface area contributed by atoms with E-state index in [2.05, 4.69) is 15.9 Å². The normalized spacial score (nSPS) is 42.9. The molecule has 0 saturated heterocycles. The van der Waals surface area contributed by atoms with E-state index in [-0.39, 0.29) is 5.92 Å². The van der Waals surface area contributed by atoms with Gasteiger partial charge >= 0.3 is 5.97 Å². The monoisotopic (exact) mass is 260 g/mol. The summed E-state index contributed by atoms with van der Waals surface area (Å²) in [6.07, 6.45) is 6.71. The van der Waals surface area contributed by atoms with Crippen molar-refractivity contribution in [3.8, 4) is 0 Å². The second-order valence-corrected chi connectivity index (χ2v) is 5.90. The summed E-state index contributed by atoms with van der Waals surface area (Å²) in [7, 11) is 0. The maximum Gasteiger partial charge on any atom is 0.306 e. The van der Waals surface area contributed by atoms with Gasteiger partial charge in [-0.15, -0.1) is 0 Å². The Balaban J connectivity index is 1.99. The van der Waals surface area contributed by atoms with Gasteiger partial charge in [0, 0.05) is 4.83 Å². The molecule has 0 spiro atoms. The minimum atomic E-state index is -0.583. The molecule has 80 valence electrons. The molecule has 0 bridgehead atoms. The maximum absolute atomic E-state index is 10.9. The van der Waals surface area contributed by atoms with Crippen LogP contribution in [-0.4, -0.2) is 15.9 Å². The first-order valence-corrected chi connectivity index (χ1v) is 6.47. The van der Waals surface area contributed by atoms with E-state index in [0.717, 1.165) is 25.2 Å². The number of fused-ring (bicyclic) bond motifs is 1. The highest BCUT2D eigenvalue weighted by Gasteiger charge is 2.38. The van der Waals surface area contributed by atoms with Gasteiger partial charge in [-0.05, 0) is 37.5 Å². The van der Waals surface area contributed by atoms with Crippen LogP contribution in [0.5, 0.6) is 0 Å². The molecule has 1 N–H and O–H groups in total. The SMILES string of the molecule is O=C(O)C1CCC2C(Br)CCCC2C1. The van der Waals surface area contributed by atoms with Crippen molar-refractivity contribution in [2.45, 2.75) is 43.4 Å². The molecule has 3 heteroatoms. The smallest absolute Gasteiger partial charge is 0.306 e. The van der Waals surface area contributed by atoms with Crippen LogP contribution in [0.4, 0.5) is 0 Å². The fourth-order valence-electron chi connectivity index (χ4n) is 3.11. The van der Waals surface area contributed by atoms with E-state index in [9.17, 15) is 4.79 Å². The molecule has 2 aliphatic carbocycles. The van der Waals surface area contributed by atoms with Gasteiger partial charge in [0.15, 0.2) is 0 Å². The zero-order valence-corrected chi connectivity index (χ0v) is 9.87. The molecule has 14 heavy (non-hydrogen) atoms. The highest BCUT2D eigenvalue weighted by Crippen LogP contribution is 2.45. The third-order valence-electron chi connectivity index (χ3n) is 3.91. The van der Waals surface area contributed by atoms with Crippen molar-refractivity contribution in [2.75, 3.05) is 0 Å². The van der Waals surface area contributed by atoms with E-state index < -0.39 is 5.97 Å². The summed E-state index contributed by atoms with van der Waals surface area (Å²) in [4.78, 5) is 11.5. The molecule has 0 aliphatic heterocycles. The van der Waals surface area contributed by atoms with E-state index >= 15 is 0 Å². The Labute approximate surface area is 93.2 Å². The number of halogens is 1. The minimum absolute atomic E-state index is 0.0611. The highest BCUT2D eigenvalue weighted by molar-refractivity contribution is 9.09. The van der Waals surface area contributed by atoms with Crippen LogP contribution in [0.1, 0.15) is 38.5 Å². The van der Waals surface area contributed by atoms with Crippen LogP contribution >= 0.6 is 15.9 Å². The molecule has 0 heterocycles. The number of rotatable bonds is 1. The number of aliphatic carboxylic acids is 1. The first-order valence-electron chi connectivity index (χ1n) is 5.55. The lowest BCUT2D eigenvalue weighted by Gasteiger charge is -2.41. The van der Waals surface area contributed by atoms with Crippen molar-refractivity contribution < 1.29 is 9.90 Å². The minimum Gasteiger partial charge on any atom is -0.481 e. The summed E-state index contributed by atoms with van der Waals surface area (Å²) >= 11 is 3.74.